The Hall–Kier alpha value is -2.95. The summed E-state index contributed by atoms with van der Waals surface area (Å²) in [5, 5.41) is 10.8. The molecule has 0 saturated carbocycles. The molecule has 0 aliphatic heterocycles. The molecule has 0 aliphatic rings. The highest BCUT2D eigenvalue weighted by Gasteiger charge is 2.11. The minimum Gasteiger partial charge on any atom is -0.508 e. The molecule has 28 heavy (non-hydrogen) atoms. The third-order valence-electron chi connectivity index (χ3n) is 4.84. The van der Waals surface area contributed by atoms with Crippen molar-refractivity contribution in [3.8, 4) is 17.2 Å². The average molecular weight is 381 g/mol. The summed E-state index contributed by atoms with van der Waals surface area (Å²) in [4.78, 5) is 12.9. The smallest absolute Gasteiger partial charge is 0.258 e. The van der Waals surface area contributed by atoms with E-state index in [0.29, 0.717) is 36.5 Å². The molecule has 1 aromatic heterocycles. The number of aromatic hydroxyl groups is 1. The summed E-state index contributed by atoms with van der Waals surface area (Å²) < 4.78 is 13.0. The maximum Gasteiger partial charge on any atom is 0.258 e. The number of aryl methyl sites for hydroxylation is 2. The van der Waals surface area contributed by atoms with Crippen LogP contribution in [0.3, 0.4) is 0 Å². The van der Waals surface area contributed by atoms with Gasteiger partial charge in [0.05, 0.1) is 19.1 Å². The maximum absolute atomic E-state index is 12.9. The lowest BCUT2D eigenvalue weighted by atomic mass is 10.1. The first-order valence-corrected chi connectivity index (χ1v) is 9.74. The van der Waals surface area contributed by atoms with Crippen LogP contribution in [0.1, 0.15) is 31.7 Å². The maximum atomic E-state index is 12.9. The van der Waals surface area contributed by atoms with Crippen LogP contribution in [0.2, 0.25) is 0 Å². The number of phenols is 1. The minimum atomic E-state index is -0.0490. The summed E-state index contributed by atoms with van der Waals surface area (Å²) >= 11 is 0. The van der Waals surface area contributed by atoms with Crippen LogP contribution in [0.25, 0.3) is 10.8 Å². The molecule has 0 fully saturated rings. The molecule has 0 radical (unpaired) electrons. The number of unbranched alkanes of at least 4 members (excludes halogenated alkanes) is 2. The molecule has 0 amide bonds. The molecule has 0 saturated heterocycles. The first-order valence-electron chi connectivity index (χ1n) is 9.74. The van der Waals surface area contributed by atoms with Crippen molar-refractivity contribution in [3.63, 3.8) is 0 Å². The van der Waals surface area contributed by atoms with Gasteiger partial charge in [0.15, 0.2) is 11.5 Å². The Morgan fingerprint density at radius 3 is 2.54 bits per heavy atom. The standard InChI is InChI=1S/C23H27NO4/c1-3-4-5-14-28-22-15-18-11-13-24(23(26)20(18)16-21(22)27-2)12-10-17-6-8-19(25)9-7-17/h6-9,11,13,15-16,25H,3-5,10,12,14H2,1-2H3. The predicted octanol–water partition coefficient (Wildman–Crippen LogP) is 4.53. The van der Waals surface area contributed by atoms with Crippen LogP contribution in [0, 0.1) is 0 Å². The van der Waals surface area contributed by atoms with E-state index < -0.39 is 0 Å². The Kier molecular flexibility index (Phi) is 6.58. The number of ether oxygens (including phenoxy) is 2. The number of hydrogen-bond acceptors (Lipinski definition) is 4. The van der Waals surface area contributed by atoms with Crippen LogP contribution >= 0.6 is 0 Å². The van der Waals surface area contributed by atoms with Gasteiger partial charge in [0, 0.05) is 12.7 Å². The number of phenolic OH excluding ortho intramolecular Hbond substituents is 1. The fourth-order valence-electron chi connectivity index (χ4n) is 3.19. The zero-order valence-electron chi connectivity index (χ0n) is 16.5. The number of nitrogens with zero attached hydrogens (tertiary/aromatic N) is 1. The van der Waals surface area contributed by atoms with Crippen LogP contribution < -0.4 is 15.0 Å². The molecule has 0 unspecified atom stereocenters. The molecule has 0 atom stereocenters. The molecule has 1 N–H and O–H groups in total. The first-order chi connectivity index (χ1) is 13.6. The minimum absolute atomic E-state index is 0.0490. The molecule has 3 rings (SSSR count). The Labute approximate surface area is 165 Å². The number of aromatic nitrogens is 1. The fraction of sp³-hybridized carbons (Fsp3) is 0.348. The number of fused-ring (bicyclic) bond motifs is 1. The summed E-state index contributed by atoms with van der Waals surface area (Å²) in [6, 6.07) is 12.6. The summed E-state index contributed by atoms with van der Waals surface area (Å²) in [6.07, 6.45) is 5.79. The highest BCUT2D eigenvalue weighted by Crippen LogP contribution is 2.31. The van der Waals surface area contributed by atoms with Crippen molar-refractivity contribution >= 4 is 10.8 Å². The summed E-state index contributed by atoms with van der Waals surface area (Å²) in [7, 11) is 1.59. The van der Waals surface area contributed by atoms with Crippen LogP contribution in [0.4, 0.5) is 0 Å². The van der Waals surface area contributed by atoms with E-state index in [1.165, 1.54) is 0 Å². The van der Waals surface area contributed by atoms with Gasteiger partial charge in [-0.25, -0.2) is 0 Å². The largest absolute Gasteiger partial charge is 0.508 e. The topological polar surface area (TPSA) is 60.7 Å². The van der Waals surface area contributed by atoms with Crippen LogP contribution in [-0.2, 0) is 13.0 Å². The van der Waals surface area contributed by atoms with Gasteiger partial charge < -0.3 is 19.1 Å². The molecule has 5 heteroatoms. The van der Waals surface area contributed by atoms with Gasteiger partial charge in [-0.3, -0.25) is 4.79 Å². The average Bonchev–Trinajstić information content (AvgIpc) is 2.71. The molecule has 0 spiro atoms. The number of pyridine rings is 1. The van der Waals surface area contributed by atoms with Crippen molar-refractivity contribution in [1.82, 2.24) is 4.57 Å². The van der Waals surface area contributed by atoms with Gasteiger partial charge in [-0.2, -0.15) is 0 Å². The van der Waals surface area contributed by atoms with Crippen molar-refractivity contribution in [1.29, 1.82) is 0 Å². The van der Waals surface area contributed by atoms with Gasteiger partial charge in [0.2, 0.25) is 0 Å². The van der Waals surface area contributed by atoms with Crippen molar-refractivity contribution in [2.75, 3.05) is 13.7 Å². The lowest BCUT2D eigenvalue weighted by molar-refractivity contribution is 0.286. The molecular formula is C23H27NO4. The van der Waals surface area contributed by atoms with E-state index in [2.05, 4.69) is 6.92 Å². The van der Waals surface area contributed by atoms with Crippen molar-refractivity contribution < 1.29 is 14.6 Å². The van der Waals surface area contributed by atoms with Crippen LogP contribution in [0.15, 0.2) is 53.5 Å². The fourth-order valence-corrected chi connectivity index (χ4v) is 3.19. The van der Waals surface area contributed by atoms with E-state index in [-0.39, 0.29) is 11.3 Å². The van der Waals surface area contributed by atoms with E-state index in [1.54, 1.807) is 29.9 Å². The van der Waals surface area contributed by atoms with Gasteiger partial charge in [-0.1, -0.05) is 31.9 Å². The second kappa shape index (κ2) is 9.31. The van der Waals surface area contributed by atoms with Crippen molar-refractivity contribution in [2.45, 2.75) is 39.2 Å². The highest BCUT2D eigenvalue weighted by molar-refractivity contribution is 5.85. The van der Waals surface area contributed by atoms with E-state index in [4.69, 9.17) is 9.47 Å². The molecule has 0 aliphatic carbocycles. The van der Waals surface area contributed by atoms with E-state index >= 15 is 0 Å². The molecule has 1 heterocycles. The first kappa shape index (κ1) is 19.8. The molecule has 0 bridgehead atoms. The summed E-state index contributed by atoms with van der Waals surface area (Å²) in [5.41, 5.74) is 1.02. The predicted molar refractivity (Wildman–Crippen MR) is 112 cm³/mol. The third kappa shape index (κ3) is 4.66. The summed E-state index contributed by atoms with van der Waals surface area (Å²) in [6.45, 7) is 3.36. The van der Waals surface area contributed by atoms with Gasteiger partial charge in [0.1, 0.15) is 5.75 Å². The van der Waals surface area contributed by atoms with Gasteiger partial charge in [-0.05, 0) is 54.1 Å². The van der Waals surface area contributed by atoms with Crippen LogP contribution in [0.5, 0.6) is 17.2 Å². The van der Waals surface area contributed by atoms with Gasteiger partial charge >= 0.3 is 0 Å². The second-order valence-corrected chi connectivity index (χ2v) is 6.88. The molecule has 2 aromatic carbocycles. The quantitative estimate of drug-likeness (QED) is 0.553. The number of benzene rings is 2. The zero-order chi connectivity index (χ0) is 19.9. The second-order valence-electron chi connectivity index (χ2n) is 6.88. The van der Waals surface area contributed by atoms with Crippen LogP contribution in [-0.4, -0.2) is 23.4 Å². The molecule has 3 aromatic rings. The Morgan fingerprint density at radius 1 is 1.04 bits per heavy atom. The van der Waals surface area contributed by atoms with E-state index in [9.17, 15) is 9.90 Å². The lowest BCUT2D eigenvalue weighted by Crippen LogP contribution is -2.20. The number of hydrogen-bond donors (Lipinski definition) is 1. The molecular weight excluding hydrogens is 354 g/mol. The van der Waals surface area contributed by atoms with Crippen molar-refractivity contribution in [3.05, 3.63) is 64.6 Å². The highest BCUT2D eigenvalue weighted by atomic mass is 16.5. The number of methoxy groups -OCH3 is 1. The molecule has 148 valence electrons. The zero-order valence-corrected chi connectivity index (χ0v) is 16.5. The third-order valence-corrected chi connectivity index (χ3v) is 4.84. The summed E-state index contributed by atoms with van der Waals surface area (Å²) in [5.74, 6) is 1.50. The SMILES string of the molecule is CCCCCOc1cc2ccn(CCc3ccc(O)cc3)c(=O)c2cc1OC. The van der Waals surface area contributed by atoms with Gasteiger partial charge in [0.25, 0.3) is 5.56 Å². The van der Waals surface area contributed by atoms with E-state index in [1.807, 2.05) is 30.5 Å². The Balaban J connectivity index is 1.81. The molecule has 5 nitrogen and oxygen atoms in total. The number of rotatable bonds is 9. The Morgan fingerprint density at radius 2 is 1.82 bits per heavy atom. The monoisotopic (exact) mass is 381 g/mol. The Bertz CT molecular complexity index is 976. The van der Waals surface area contributed by atoms with Gasteiger partial charge in [-0.15, -0.1) is 0 Å². The van der Waals surface area contributed by atoms with Crippen molar-refractivity contribution in [2.24, 2.45) is 0 Å². The lowest BCUT2D eigenvalue weighted by Gasteiger charge is -2.13. The normalized spacial score (nSPS) is 10.9. The van der Waals surface area contributed by atoms with E-state index in [0.717, 1.165) is 30.2 Å².